The first-order valence-electron chi connectivity index (χ1n) is 4.35. The van der Waals surface area contributed by atoms with E-state index in [2.05, 4.69) is 0 Å². The van der Waals surface area contributed by atoms with Gasteiger partial charge in [0.05, 0.1) is 18.8 Å². The van der Waals surface area contributed by atoms with E-state index in [9.17, 15) is 4.79 Å². The zero-order valence-corrected chi connectivity index (χ0v) is 7.99. The first-order chi connectivity index (χ1) is 6.69. The quantitative estimate of drug-likeness (QED) is 0.556. The van der Waals surface area contributed by atoms with Crippen LogP contribution in [-0.2, 0) is 11.3 Å². The summed E-state index contributed by atoms with van der Waals surface area (Å²) in [6.07, 6.45) is 0. The van der Waals surface area contributed by atoms with Gasteiger partial charge in [-0.05, 0) is 30.7 Å². The van der Waals surface area contributed by atoms with Gasteiger partial charge in [-0.3, -0.25) is 0 Å². The van der Waals surface area contributed by atoms with E-state index in [1.54, 1.807) is 25.1 Å². The Bertz CT molecular complexity index is 336. The summed E-state index contributed by atoms with van der Waals surface area (Å²) in [5.74, 6) is -0.434. The summed E-state index contributed by atoms with van der Waals surface area (Å²) in [5, 5.41) is 9.00. The summed E-state index contributed by atoms with van der Waals surface area (Å²) < 4.78 is 4.82. The van der Waals surface area contributed by atoms with Gasteiger partial charge in [-0.2, -0.15) is 0 Å². The fourth-order valence-corrected chi connectivity index (χ4v) is 1.15. The Kier molecular flexibility index (Phi) is 3.48. The number of nitrogens with two attached hydrogens (primary N) is 1. The first-order valence-corrected chi connectivity index (χ1v) is 4.35. The van der Waals surface area contributed by atoms with Crippen molar-refractivity contribution in [1.29, 1.82) is 0 Å². The number of esters is 1. The number of hydrogen-bond acceptors (Lipinski definition) is 4. The normalized spacial score (nSPS) is 9.86. The fourth-order valence-electron chi connectivity index (χ4n) is 1.15. The van der Waals surface area contributed by atoms with Crippen LogP contribution in [-0.4, -0.2) is 17.7 Å². The number of aliphatic hydroxyl groups is 1. The molecule has 14 heavy (non-hydrogen) atoms. The molecular formula is C10H13NO3. The molecule has 0 bridgehead atoms. The highest BCUT2D eigenvalue weighted by Crippen LogP contribution is 2.14. The van der Waals surface area contributed by atoms with Crippen molar-refractivity contribution < 1.29 is 14.6 Å². The second-order valence-electron chi connectivity index (χ2n) is 2.80. The first kappa shape index (κ1) is 10.5. The number of ether oxygens (including phenoxy) is 1. The van der Waals surface area contributed by atoms with Gasteiger partial charge in [0.25, 0.3) is 0 Å². The number of aliphatic hydroxyl groups excluding tert-OH is 1. The maximum atomic E-state index is 11.4. The van der Waals surface area contributed by atoms with E-state index in [1.807, 2.05) is 0 Å². The average Bonchev–Trinajstić information content (AvgIpc) is 2.17. The van der Waals surface area contributed by atoms with Gasteiger partial charge < -0.3 is 15.6 Å². The van der Waals surface area contributed by atoms with Crippen molar-refractivity contribution in [1.82, 2.24) is 0 Å². The van der Waals surface area contributed by atoms with Crippen LogP contribution in [0.15, 0.2) is 18.2 Å². The molecule has 1 aromatic rings. The molecule has 0 aromatic heterocycles. The molecule has 0 saturated carbocycles. The van der Waals surface area contributed by atoms with Gasteiger partial charge in [0.1, 0.15) is 0 Å². The molecule has 4 heteroatoms. The minimum Gasteiger partial charge on any atom is -0.462 e. The average molecular weight is 195 g/mol. The molecule has 0 aliphatic carbocycles. The number of benzene rings is 1. The molecule has 0 radical (unpaired) electrons. The Morgan fingerprint density at radius 3 is 2.86 bits per heavy atom. The van der Waals surface area contributed by atoms with Crippen molar-refractivity contribution in [3.63, 3.8) is 0 Å². The topological polar surface area (TPSA) is 72.5 Å². The second-order valence-corrected chi connectivity index (χ2v) is 2.80. The Labute approximate surface area is 82.3 Å². The molecule has 0 saturated heterocycles. The highest BCUT2D eigenvalue weighted by Gasteiger charge is 2.11. The molecule has 0 amide bonds. The fraction of sp³-hybridized carbons (Fsp3) is 0.300. The van der Waals surface area contributed by atoms with E-state index < -0.39 is 5.97 Å². The Morgan fingerprint density at radius 1 is 1.57 bits per heavy atom. The lowest BCUT2D eigenvalue weighted by Crippen LogP contribution is -2.08. The van der Waals surface area contributed by atoms with Gasteiger partial charge in [0, 0.05) is 5.69 Å². The van der Waals surface area contributed by atoms with Crippen LogP contribution in [0.4, 0.5) is 5.69 Å². The van der Waals surface area contributed by atoms with E-state index in [1.165, 1.54) is 0 Å². The lowest BCUT2D eigenvalue weighted by molar-refractivity contribution is 0.0523. The minimum absolute atomic E-state index is 0.223. The molecule has 0 fully saturated rings. The van der Waals surface area contributed by atoms with Crippen LogP contribution in [0.3, 0.4) is 0 Å². The number of nitrogen functional groups attached to an aromatic ring is 1. The number of rotatable bonds is 3. The third kappa shape index (κ3) is 2.23. The molecule has 1 rings (SSSR count). The largest absolute Gasteiger partial charge is 0.462 e. The van der Waals surface area contributed by atoms with Crippen molar-refractivity contribution in [3.05, 3.63) is 29.3 Å². The summed E-state index contributed by atoms with van der Waals surface area (Å²) in [5.41, 5.74) is 6.88. The van der Waals surface area contributed by atoms with Crippen LogP contribution < -0.4 is 5.73 Å². The van der Waals surface area contributed by atoms with Crippen LogP contribution in [0.5, 0.6) is 0 Å². The number of carbonyl (C=O) groups is 1. The van der Waals surface area contributed by atoms with E-state index in [0.29, 0.717) is 23.4 Å². The lowest BCUT2D eigenvalue weighted by Gasteiger charge is -2.07. The van der Waals surface area contributed by atoms with Gasteiger partial charge >= 0.3 is 5.97 Å². The molecule has 0 heterocycles. The molecule has 1 aromatic carbocycles. The van der Waals surface area contributed by atoms with Gasteiger partial charge in [0.15, 0.2) is 0 Å². The maximum Gasteiger partial charge on any atom is 0.338 e. The SMILES string of the molecule is CCOC(=O)c1ccc(N)cc1CO. The minimum atomic E-state index is -0.434. The molecule has 76 valence electrons. The maximum absolute atomic E-state index is 11.4. The molecule has 0 aliphatic rings. The van der Waals surface area contributed by atoms with Crippen LogP contribution in [0.2, 0.25) is 0 Å². The number of carbonyl (C=O) groups excluding carboxylic acids is 1. The molecule has 0 spiro atoms. The Balaban J connectivity index is 3.01. The predicted octanol–water partition coefficient (Wildman–Crippen LogP) is 0.938. The highest BCUT2D eigenvalue weighted by atomic mass is 16.5. The standard InChI is InChI=1S/C10H13NO3/c1-2-14-10(13)9-4-3-8(11)5-7(9)6-12/h3-5,12H,2,6,11H2,1H3. The summed E-state index contributed by atoms with van der Waals surface area (Å²) in [6.45, 7) is 1.82. The smallest absolute Gasteiger partial charge is 0.338 e. The zero-order valence-electron chi connectivity index (χ0n) is 7.99. The summed E-state index contributed by atoms with van der Waals surface area (Å²) >= 11 is 0. The Hall–Kier alpha value is -1.55. The summed E-state index contributed by atoms with van der Waals surface area (Å²) in [7, 11) is 0. The monoisotopic (exact) mass is 195 g/mol. The van der Waals surface area contributed by atoms with E-state index in [4.69, 9.17) is 15.6 Å². The molecule has 3 N–H and O–H groups in total. The van der Waals surface area contributed by atoms with Gasteiger partial charge in [-0.1, -0.05) is 0 Å². The predicted molar refractivity (Wildman–Crippen MR) is 52.7 cm³/mol. The number of hydrogen-bond donors (Lipinski definition) is 2. The number of anilines is 1. The molecular weight excluding hydrogens is 182 g/mol. The van der Waals surface area contributed by atoms with Crippen LogP contribution in [0.1, 0.15) is 22.8 Å². The third-order valence-corrected chi connectivity index (χ3v) is 1.79. The van der Waals surface area contributed by atoms with Crippen molar-refractivity contribution in [3.8, 4) is 0 Å². The Morgan fingerprint density at radius 2 is 2.29 bits per heavy atom. The molecule has 0 unspecified atom stereocenters. The lowest BCUT2D eigenvalue weighted by atomic mass is 10.1. The van der Waals surface area contributed by atoms with E-state index >= 15 is 0 Å². The molecule has 0 atom stereocenters. The van der Waals surface area contributed by atoms with Crippen LogP contribution in [0, 0.1) is 0 Å². The van der Waals surface area contributed by atoms with Crippen molar-refractivity contribution >= 4 is 11.7 Å². The van der Waals surface area contributed by atoms with E-state index in [0.717, 1.165) is 0 Å². The molecule has 0 aliphatic heterocycles. The van der Waals surface area contributed by atoms with Gasteiger partial charge in [-0.15, -0.1) is 0 Å². The zero-order chi connectivity index (χ0) is 10.6. The van der Waals surface area contributed by atoms with Gasteiger partial charge in [-0.25, -0.2) is 4.79 Å². The third-order valence-electron chi connectivity index (χ3n) is 1.79. The van der Waals surface area contributed by atoms with Crippen LogP contribution >= 0.6 is 0 Å². The summed E-state index contributed by atoms with van der Waals surface area (Å²) in [4.78, 5) is 11.4. The highest BCUT2D eigenvalue weighted by molar-refractivity contribution is 5.91. The molecule has 4 nitrogen and oxygen atoms in total. The van der Waals surface area contributed by atoms with Crippen molar-refractivity contribution in [2.24, 2.45) is 0 Å². The van der Waals surface area contributed by atoms with Crippen LogP contribution in [0.25, 0.3) is 0 Å². The second kappa shape index (κ2) is 4.62. The van der Waals surface area contributed by atoms with Gasteiger partial charge in [0.2, 0.25) is 0 Å². The van der Waals surface area contributed by atoms with Crippen molar-refractivity contribution in [2.75, 3.05) is 12.3 Å². The summed E-state index contributed by atoms with van der Waals surface area (Å²) in [6, 6.07) is 4.72. The van der Waals surface area contributed by atoms with E-state index in [-0.39, 0.29) is 6.61 Å². The van der Waals surface area contributed by atoms with Crippen molar-refractivity contribution in [2.45, 2.75) is 13.5 Å².